The molecule has 0 aromatic heterocycles. The largest absolute Gasteiger partial charge is 0.458 e. The van der Waals surface area contributed by atoms with Gasteiger partial charge in [0.05, 0.1) is 26.4 Å². The van der Waals surface area contributed by atoms with Gasteiger partial charge in [-0.3, -0.25) is 0 Å². The van der Waals surface area contributed by atoms with Crippen LogP contribution >= 0.6 is 0 Å². The Kier molecular flexibility index (Phi) is 9.03. The molecule has 5 heteroatoms. The van der Waals surface area contributed by atoms with E-state index >= 15 is 0 Å². The van der Waals surface area contributed by atoms with E-state index in [0.717, 1.165) is 0 Å². The lowest BCUT2D eigenvalue weighted by Gasteiger charge is -2.19. The molecule has 0 aliphatic heterocycles. The fraction of sp³-hybridized carbons (Fsp3) is 0.917. The highest BCUT2D eigenvalue weighted by Gasteiger charge is 2.15. The Bertz CT molecular complexity index is 198. The minimum Gasteiger partial charge on any atom is -0.458 e. The van der Waals surface area contributed by atoms with Crippen LogP contribution in [0.3, 0.4) is 0 Å². The van der Waals surface area contributed by atoms with Crippen molar-refractivity contribution in [3.63, 3.8) is 0 Å². The number of esters is 1. The van der Waals surface area contributed by atoms with Crippen LogP contribution in [0.1, 0.15) is 27.7 Å². The molecule has 0 aliphatic carbocycles. The summed E-state index contributed by atoms with van der Waals surface area (Å²) in [7, 11) is 0. The van der Waals surface area contributed by atoms with Crippen LogP contribution in [0.15, 0.2) is 0 Å². The van der Waals surface area contributed by atoms with Gasteiger partial charge in [0.15, 0.2) is 0 Å². The molecular weight excluding hydrogens is 224 g/mol. The second-order valence-corrected chi connectivity index (χ2v) is 4.45. The van der Waals surface area contributed by atoms with E-state index in [9.17, 15) is 4.79 Å². The van der Waals surface area contributed by atoms with Crippen LogP contribution in [0.2, 0.25) is 0 Å². The molecule has 17 heavy (non-hydrogen) atoms. The average Bonchev–Trinajstić information content (AvgIpc) is 2.19. The normalized spacial score (nSPS) is 11.5. The molecule has 0 aliphatic rings. The van der Waals surface area contributed by atoms with Gasteiger partial charge in [-0.05, 0) is 27.7 Å². The minimum atomic E-state index is -0.464. The Morgan fingerprint density at radius 2 is 1.47 bits per heavy atom. The summed E-state index contributed by atoms with van der Waals surface area (Å²) in [5.41, 5.74) is -0.464. The maximum Gasteiger partial charge on any atom is 0.332 e. The summed E-state index contributed by atoms with van der Waals surface area (Å²) >= 11 is 0. The first-order valence-corrected chi connectivity index (χ1v) is 5.91. The monoisotopic (exact) mass is 248 g/mol. The first kappa shape index (κ1) is 16.4. The highest BCUT2D eigenvalue weighted by Crippen LogP contribution is 2.06. The number of carbonyl (C=O) groups is 1. The van der Waals surface area contributed by atoms with Crippen molar-refractivity contribution in [2.24, 2.45) is 0 Å². The van der Waals surface area contributed by atoms with Crippen molar-refractivity contribution in [2.45, 2.75) is 33.3 Å². The summed E-state index contributed by atoms with van der Waals surface area (Å²) in [6.45, 7) is 10.0. The third-order valence-corrected chi connectivity index (χ3v) is 1.59. The Labute approximate surface area is 103 Å². The molecule has 0 aromatic rings. The first-order valence-electron chi connectivity index (χ1n) is 5.91. The Hall–Kier alpha value is -0.650. The molecule has 0 radical (unpaired) electrons. The highest BCUT2D eigenvalue weighted by molar-refractivity contribution is 5.71. The van der Waals surface area contributed by atoms with Gasteiger partial charge in [-0.25, -0.2) is 4.79 Å². The Morgan fingerprint density at radius 3 is 2.00 bits per heavy atom. The van der Waals surface area contributed by atoms with Gasteiger partial charge in [0, 0.05) is 6.61 Å². The molecule has 0 N–H and O–H groups in total. The Balaban J connectivity index is 3.25. The molecule has 0 heterocycles. The van der Waals surface area contributed by atoms with Crippen LogP contribution in [-0.4, -0.2) is 51.2 Å². The maximum atomic E-state index is 11.2. The quantitative estimate of drug-likeness (QED) is 0.456. The predicted octanol–water partition coefficient (Wildman–Crippen LogP) is 1.40. The third-order valence-electron chi connectivity index (χ3n) is 1.59. The molecule has 0 fully saturated rings. The first-order chi connectivity index (χ1) is 7.95. The standard InChI is InChI=1S/C12H24O5/c1-5-14-6-7-15-8-9-16-10-11(13)17-12(2,3)4/h5-10H2,1-4H3. The van der Waals surface area contributed by atoms with Crippen LogP contribution in [-0.2, 0) is 23.7 Å². The third kappa shape index (κ3) is 13.3. The van der Waals surface area contributed by atoms with Gasteiger partial charge in [-0.2, -0.15) is 0 Å². The predicted molar refractivity (Wildman–Crippen MR) is 64.0 cm³/mol. The zero-order valence-electron chi connectivity index (χ0n) is 11.3. The summed E-state index contributed by atoms with van der Waals surface area (Å²) in [4.78, 5) is 11.2. The van der Waals surface area contributed by atoms with Crippen molar-refractivity contribution in [1.82, 2.24) is 0 Å². The molecule has 0 spiro atoms. The second-order valence-electron chi connectivity index (χ2n) is 4.45. The van der Waals surface area contributed by atoms with Gasteiger partial charge < -0.3 is 18.9 Å². The molecule has 5 nitrogen and oxygen atoms in total. The highest BCUT2D eigenvalue weighted by atomic mass is 16.6. The van der Waals surface area contributed by atoms with Crippen molar-refractivity contribution in [3.05, 3.63) is 0 Å². The number of ether oxygens (including phenoxy) is 4. The molecule has 0 amide bonds. The van der Waals surface area contributed by atoms with Crippen molar-refractivity contribution < 1.29 is 23.7 Å². The van der Waals surface area contributed by atoms with Gasteiger partial charge >= 0.3 is 5.97 Å². The zero-order valence-corrected chi connectivity index (χ0v) is 11.3. The van der Waals surface area contributed by atoms with E-state index in [4.69, 9.17) is 18.9 Å². The zero-order chi connectivity index (χ0) is 13.1. The van der Waals surface area contributed by atoms with E-state index in [-0.39, 0.29) is 12.6 Å². The summed E-state index contributed by atoms with van der Waals surface area (Å²) in [6, 6.07) is 0. The molecule has 102 valence electrons. The van der Waals surface area contributed by atoms with E-state index in [2.05, 4.69) is 0 Å². The molecule has 0 saturated heterocycles. The molecule has 0 aromatic carbocycles. The van der Waals surface area contributed by atoms with E-state index in [0.29, 0.717) is 33.0 Å². The summed E-state index contributed by atoms with van der Waals surface area (Å²) in [5, 5.41) is 0. The van der Waals surface area contributed by atoms with Crippen LogP contribution < -0.4 is 0 Å². The number of carbonyl (C=O) groups excluding carboxylic acids is 1. The van der Waals surface area contributed by atoms with E-state index in [1.54, 1.807) is 0 Å². The fourth-order valence-corrected chi connectivity index (χ4v) is 1.01. The van der Waals surface area contributed by atoms with Gasteiger partial charge in [0.2, 0.25) is 0 Å². The van der Waals surface area contributed by atoms with Crippen molar-refractivity contribution in [3.8, 4) is 0 Å². The molecule has 0 saturated carbocycles. The van der Waals surface area contributed by atoms with Gasteiger partial charge in [0.1, 0.15) is 12.2 Å². The van der Waals surface area contributed by atoms with Gasteiger partial charge in [-0.1, -0.05) is 0 Å². The lowest BCUT2D eigenvalue weighted by atomic mass is 10.2. The lowest BCUT2D eigenvalue weighted by molar-refractivity contribution is -0.160. The van der Waals surface area contributed by atoms with E-state index < -0.39 is 5.60 Å². The van der Waals surface area contributed by atoms with Gasteiger partial charge in [-0.15, -0.1) is 0 Å². The van der Waals surface area contributed by atoms with E-state index in [1.165, 1.54) is 0 Å². The van der Waals surface area contributed by atoms with Crippen LogP contribution in [0.5, 0.6) is 0 Å². The topological polar surface area (TPSA) is 54.0 Å². The molecule has 0 bridgehead atoms. The molecule has 0 atom stereocenters. The maximum absolute atomic E-state index is 11.2. The van der Waals surface area contributed by atoms with Crippen molar-refractivity contribution in [1.29, 1.82) is 0 Å². The SMILES string of the molecule is CCOCCOCCOCC(=O)OC(C)(C)C. The van der Waals surface area contributed by atoms with Crippen LogP contribution in [0.25, 0.3) is 0 Å². The van der Waals surface area contributed by atoms with Crippen LogP contribution in [0, 0.1) is 0 Å². The van der Waals surface area contributed by atoms with Crippen molar-refractivity contribution in [2.75, 3.05) is 39.6 Å². The summed E-state index contributed by atoms with van der Waals surface area (Å²) in [5.74, 6) is -0.355. The smallest absolute Gasteiger partial charge is 0.332 e. The second kappa shape index (κ2) is 9.39. The molecule has 0 rings (SSSR count). The lowest BCUT2D eigenvalue weighted by Crippen LogP contribution is -2.27. The summed E-state index contributed by atoms with van der Waals surface area (Å²) < 4.78 is 20.5. The average molecular weight is 248 g/mol. The van der Waals surface area contributed by atoms with Crippen molar-refractivity contribution >= 4 is 5.97 Å². The summed E-state index contributed by atoms with van der Waals surface area (Å²) in [6.07, 6.45) is 0. The fourth-order valence-electron chi connectivity index (χ4n) is 1.01. The van der Waals surface area contributed by atoms with Crippen LogP contribution in [0.4, 0.5) is 0 Å². The number of rotatable bonds is 9. The van der Waals surface area contributed by atoms with E-state index in [1.807, 2.05) is 27.7 Å². The number of hydrogen-bond acceptors (Lipinski definition) is 5. The Morgan fingerprint density at radius 1 is 0.941 bits per heavy atom. The number of hydrogen-bond donors (Lipinski definition) is 0. The minimum absolute atomic E-state index is 0.0356. The molecule has 0 unspecified atom stereocenters. The van der Waals surface area contributed by atoms with Gasteiger partial charge in [0.25, 0.3) is 0 Å². The molecular formula is C12H24O5.